The molecule has 0 spiro atoms. The quantitative estimate of drug-likeness (QED) is 0.468. The van der Waals surface area contributed by atoms with E-state index in [0.29, 0.717) is 25.3 Å². The lowest BCUT2D eigenvalue weighted by Crippen LogP contribution is -2.26. The van der Waals surface area contributed by atoms with Gasteiger partial charge in [0.2, 0.25) is 0 Å². The van der Waals surface area contributed by atoms with Crippen LogP contribution in [-0.4, -0.2) is 23.7 Å². The Hall–Kier alpha value is -3.31. The Balaban J connectivity index is 1.69. The number of carbonyl (C=O) groups is 1. The van der Waals surface area contributed by atoms with Crippen LogP contribution in [0, 0.1) is 13.8 Å². The van der Waals surface area contributed by atoms with Gasteiger partial charge in [0, 0.05) is 30.0 Å². The van der Waals surface area contributed by atoms with E-state index in [0.717, 1.165) is 46.8 Å². The maximum Gasteiger partial charge on any atom is 0.119 e. The second-order valence-corrected chi connectivity index (χ2v) is 7.85. The maximum atomic E-state index is 11.9. The Labute approximate surface area is 190 Å². The van der Waals surface area contributed by atoms with Crippen molar-refractivity contribution in [2.45, 2.75) is 40.3 Å². The molecule has 0 saturated heterocycles. The van der Waals surface area contributed by atoms with Crippen LogP contribution in [0.4, 0.5) is 0 Å². The van der Waals surface area contributed by atoms with Gasteiger partial charge in [-0.2, -0.15) is 0 Å². The summed E-state index contributed by atoms with van der Waals surface area (Å²) in [7, 11) is 0. The second kappa shape index (κ2) is 10.8. The number of rotatable bonds is 11. The summed E-state index contributed by atoms with van der Waals surface area (Å²) >= 11 is 0. The predicted octanol–water partition coefficient (Wildman–Crippen LogP) is 3.89. The molecule has 0 saturated carbocycles. The van der Waals surface area contributed by atoms with Gasteiger partial charge >= 0.3 is 0 Å². The van der Waals surface area contributed by atoms with E-state index in [1.165, 1.54) is 5.56 Å². The maximum absolute atomic E-state index is 11.9. The highest BCUT2D eigenvalue weighted by molar-refractivity contribution is 5.89. The minimum atomic E-state index is -1.13. The van der Waals surface area contributed by atoms with Crippen molar-refractivity contribution < 1.29 is 14.6 Å². The van der Waals surface area contributed by atoms with Gasteiger partial charge in [0.15, 0.2) is 0 Å². The second-order valence-electron chi connectivity index (χ2n) is 7.85. The molecule has 0 aliphatic carbocycles. The fourth-order valence-electron chi connectivity index (χ4n) is 3.98. The smallest absolute Gasteiger partial charge is 0.119 e. The molecule has 0 aliphatic heterocycles. The highest BCUT2D eigenvalue weighted by Crippen LogP contribution is 2.23. The number of aromatic nitrogens is 1. The standard InChI is InChI=1S/C27H32N2O3/c1-5-21-7-9-23(10-8-21)18-29-19(3)25(26(20(29)4)27(30)31)17-28-16-15-22-11-13-24(14-12-22)32-6-2/h5,7-14,28H,1,6,15-18H2,2-4H3,(H,30,31)/p-1. The summed E-state index contributed by atoms with van der Waals surface area (Å²) in [6.45, 7) is 12.1. The van der Waals surface area contributed by atoms with Crippen LogP contribution in [0.15, 0.2) is 55.1 Å². The molecule has 0 aliphatic rings. The zero-order valence-corrected chi connectivity index (χ0v) is 19.1. The lowest BCUT2D eigenvalue weighted by Gasteiger charge is -2.11. The van der Waals surface area contributed by atoms with Gasteiger partial charge in [-0.3, -0.25) is 0 Å². The number of carboxylic acids is 1. The van der Waals surface area contributed by atoms with E-state index in [-0.39, 0.29) is 0 Å². The zero-order valence-electron chi connectivity index (χ0n) is 19.1. The third-order valence-corrected chi connectivity index (χ3v) is 5.80. The van der Waals surface area contributed by atoms with Crippen molar-refractivity contribution in [3.05, 3.63) is 94.3 Å². The zero-order chi connectivity index (χ0) is 23.1. The molecule has 1 heterocycles. The third kappa shape index (κ3) is 5.48. The van der Waals surface area contributed by atoms with E-state index >= 15 is 0 Å². The molecule has 0 unspecified atom stereocenters. The fraction of sp³-hybridized carbons (Fsp3) is 0.296. The van der Waals surface area contributed by atoms with E-state index in [9.17, 15) is 9.90 Å². The third-order valence-electron chi connectivity index (χ3n) is 5.80. The summed E-state index contributed by atoms with van der Waals surface area (Å²) in [5.74, 6) is -0.260. The monoisotopic (exact) mass is 431 g/mol. The van der Waals surface area contributed by atoms with Crippen molar-refractivity contribution in [2.24, 2.45) is 0 Å². The molecule has 1 N–H and O–H groups in total. The normalized spacial score (nSPS) is 10.8. The van der Waals surface area contributed by atoms with Gasteiger partial charge in [-0.25, -0.2) is 0 Å². The first-order valence-electron chi connectivity index (χ1n) is 11.0. The van der Waals surface area contributed by atoms with E-state index in [1.807, 2.05) is 57.2 Å². The SMILES string of the molecule is C=Cc1ccc(Cn2c(C)c(CNCCc3ccc(OCC)cc3)c(C(=O)[O-])c2C)cc1. The van der Waals surface area contributed by atoms with Crippen LogP contribution in [0.1, 0.15) is 50.9 Å². The van der Waals surface area contributed by atoms with Gasteiger partial charge < -0.3 is 24.5 Å². The average molecular weight is 432 g/mol. The van der Waals surface area contributed by atoms with Crippen LogP contribution in [0.5, 0.6) is 5.75 Å². The van der Waals surface area contributed by atoms with Crippen LogP contribution in [0.25, 0.3) is 6.08 Å². The van der Waals surface area contributed by atoms with Gasteiger partial charge in [0.1, 0.15) is 5.75 Å². The van der Waals surface area contributed by atoms with Crippen LogP contribution in [-0.2, 0) is 19.5 Å². The van der Waals surface area contributed by atoms with Gasteiger partial charge in [-0.05, 0) is 68.1 Å². The van der Waals surface area contributed by atoms with Crippen molar-refractivity contribution in [1.82, 2.24) is 9.88 Å². The van der Waals surface area contributed by atoms with Gasteiger partial charge in [-0.1, -0.05) is 49.1 Å². The highest BCUT2D eigenvalue weighted by atomic mass is 16.5. The molecule has 0 fully saturated rings. The molecule has 0 radical (unpaired) electrons. The van der Waals surface area contributed by atoms with Crippen LogP contribution in [0.2, 0.25) is 0 Å². The molecule has 0 amide bonds. The van der Waals surface area contributed by atoms with Crippen molar-refractivity contribution in [3.63, 3.8) is 0 Å². The summed E-state index contributed by atoms with van der Waals surface area (Å²) in [5.41, 5.74) is 6.12. The number of hydrogen-bond acceptors (Lipinski definition) is 4. The lowest BCUT2D eigenvalue weighted by atomic mass is 10.1. The minimum absolute atomic E-state index is 0.291. The molecule has 3 rings (SSSR count). The molecule has 0 bridgehead atoms. The van der Waals surface area contributed by atoms with E-state index in [2.05, 4.69) is 28.6 Å². The van der Waals surface area contributed by atoms with E-state index < -0.39 is 5.97 Å². The van der Waals surface area contributed by atoms with Gasteiger partial charge in [-0.15, -0.1) is 0 Å². The first-order chi connectivity index (χ1) is 15.4. The Kier molecular flexibility index (Phi) is 7.90. The average Bonchev–Trinajstić information content (AvgIpc) is 3.03. The van der Waals surface area contributed by atoms with E-state index in [4.69, 9.17) is 4.74 Å². The van der Waals surface area contributed by atoms with Crippen molar-refractivity contribution >= 4 is 12.0 Å². The summed E-state index contributed by atoms with van der Waals surface area (Å²) in [5, 5.41) is 15.3. The lowest BCUT2D eigenvalue weighted by molar-refractivity contribution is -0.255. The van der Waals surface area contributed by atoms with Crippen molar-refractivity contribution in [1.29, 1.82) is 0 Å². The number of ether oxygens (including phenoxy) is 1. The number of benzene rings is 2. The molecular formula is C27H31N2O3-. The van der Waals surface area contributed by atoms with Crippen LogP contribution in [0.3, 0.4) is 0 Å². The molecule has 5 nitrogen and oxygen atoms in total. The van der Waals surface area contributed by atoms with Crippen LogP contribution < -0.4 is 15.2 Å². The fourth-order valence-corrected chi connectivity index (χ4v) is 3.98. The van der Waals surface area contributed by atoms with E-state index in [1.54, 1.807) is 6.08 Å². The number of carboxylic acid groups (broad SMARTS) is 1. The number of carbonyl (C=O) groups excluding carboxylic acids is 1. The predicted molar refractivity (Wildman–Crippen MR) is 127 cm³/mol. The minimum Gasteiger partial charge on any atom is -0.545 e. The number of hydrogen-bond donors (Lipinski definition) is 1. The molecule has 2 aromatic carbocycles. The number of nitrogens with one attached hydrogen (secondary N) is 1. The molecule has 32 heavy (non-hydrogen) atoms. The Morgan fingerprint density at radius 2 is 1.72 bits per heavy atom. The van der Waals surface area contributed by atoms with Crippen LogP contribution >= 0.6 is 0 Å². The molecule has 5 heteroatoms. The molecular weight excluding hydrogens is 400 g/mol. The Morgan fingerprint density at radius 3 is 2.31 bits per heavy atom. The summed E-state index contributed by atoms with van der Waals surface area (Å²) in [4.78, 5) is 11.9. The Bertz CT molecular complexity index is 1060. The number of aromatic carboxylic acids is 1. The Morgan fingerprint density at radius 1 is 1.06 bits per heavy atom. The molecule has 168 valence electrons. The topological polar surface area (TPSA) is 66.3 Å². The summed E-state index contributed by atoms with van der Waals surface area (Å²) in [6.07, 6.45) is 2.66. The van der Waals surface area contributed by atoms with Crippen molar-refractivity contribution in [2.75, 3.05) is 13.2 Å². The summed E-state index contributed by atoms with van der Waals surface area (Å²) in [6, 6.07) is 16.2. The first-order valence-corrected chi connectivity index (χ1v) is 11.0. The molecule has 3 aromatic rings. The van der Waals surface area contributed by atoms with Gasteiger partial charge in [0.25, 0.3) is 0 Å². The molecule has 1 aromatic heterocycles. The van der Waals surface area contributed by atoms with Gasteiger partial charge in [0.05, 0.1) is 12.6 Å². The molecule has 0 atom stereocenters. The first kappa shape index (κ1) is 23.4. The summed E-state index contributed by atoms with van der Waals surface area (Å²) < 4.78 is 7.53. The number of nitrogens with zero attached hydrogens (tertiary/aromatic N) is 1. The van der Waals surface area contributed by atoms with Crippen molar-refractivity contribution in [3.8, 4) is 5.75 Å². The highest BCUT2D eigenvalue weighted by Gasteiger charge is 2.18. The largest absolute Gasteiger partial charge is 0.545 e.